The van der Waals surface area contributed by atoms with Crippen LogP contribution in [0.1, 0.15) is 151 Å². The van der Waals surface area contributed by atoms with Gasteiger partial charge in [-0.2, -0.15) is 0 Å². The maximum absolute atomic E-state index is 14.5. The molecule has 16 atom stereocenters. The monoisotopic (exact) mass is 1310 g/mol. The first-order valence-electron chi connectivity index (χ1n) is 32.6. The molecule has 1 aliphatic heterocycles. The molecule has 2 aliphatic rings. The molecule has 522 valence electrons. The first kappa shape index (κ1) is 79.2. The Hall–Kier alpha value is -7.99. The number of hydrogen-bond acceptors (Lipinski definition) is 17. The summed E-state index contributed by atoms with van der Waals surface area (Å²) in [6, 6.07) is -6.31. The number of hydrogen-bond donors (Lipinski definition) is 17. The lowest BCUT2D eigenvalue weighted by atomic mass is 9.83. The van der Waals surface area contributed by atoms with Gasteiger partial charge in [-0.3, -0.25) is 58.1 Å². The summed E-state index contributed by atoms with van der Waals surface area (Å²) in [7, 11) is 1.60. The van der Waals surface area contributed by atoms with Crippen LogP contribution in [-0.2, 0) is 68.7 Å². The number of nitrogens with two attached hydrogens (primary N) is 2. The van der Waals surface area contributed by atoms with Gasteiger partial charge < -0.3 is 90.2 Å². The van der Waals surface area contributed by atoms with Gasteiger partial charge in [-0.15, -0.1) is 0 Å². The Bertz CT molecular complexity index is 2680. The molecule has 19 N–H and O–H groups in total. The van der Waals surface area contributed by atoms with E-state index in [-0.39, 0.29) is 44.1 Å². The number of nitrogens with one attached hydrogen (secondary N) is 13. The van der Waals surface area contributed by atoms with Crippen molar-refractivity contribution in [3.63, 3.8) is 0 Å². The lowest BCUT2D eigenvalue weighted by Gasteiger charge is -2.33. The molecule has 3 rings (SSSR count). The average molecular weight is 1310 g/mol. The number of benzene rings is 1. The molecule has 11 amide bonds. The molecule has 0 spiro atoms. The van der Waals surface area contributed by atoms with Gasteiger partial charge in [0.2, 0.25) is 65.0 Å². The molecule has 30 nitrogen and oxygen atoms in total. The van der Waals surface area contributed by atoms with Crippen molar-refractivity contribution in [1.29, 1.82) is 5.41 Å². The molecule has 1 aromatic rings. The van der Waals surface area contributed by atoms with Gasteiger partial charge in [-0.1, -0.05) is 131 Å². The molecule has 0 radical (unpaired) electrons. The number of esters is 1. The van der Waals surface area contributed by atoms with E-state index in [0.717, 1.165) is 24.8 Å². The largest absolute Gasteiger partial charge is 0.458 e. The molecule has 1 aliphatic carbocycles. The Labute approximate surface area is 545 Å². The molecule has 2 fully saturated rings. The van der Waals surface area contributed by atoms with Crippen LogP contribution in [0.5, 0.6) is 0 Å². The maximum Gasteiger partial charge on any atom is 0.329 e. The van der Waals surface area contributed by atoms with Gasteiger partial charge in [0.05, 0.1) is 19.3 Å². The number of aliphatic hydroxyl groups is 2. The van der Waals surface area contributed by atoms with Crippen LogP contribution in [0, 0.1) is 35.0 Å². The Kier molecular flexibility index (Phi) is 34.3. The fourth-order valence-corrected chi connectivity index (χ4v) is 10.8. The predicted octanol–water partition coefficient (Wildman–Crippen LogP) is -2.11. The summed E-state index contributed by atoms with van der Waals surface area (Å²) in [6.07, 6.45) is 3.09. The van der Waals surface area contributed by atoms with E-state index in [1.807, 2.05) is 30.3 Å². The van der Waals surface area contributed by atoms with E-state index in [2.05, 4.69) is 63.8 Å². The lowest BCUT2D eigenvalue weighted by molar-refractivity contribution is -0.157. The Morgan fingerprint density at radius 1 is 0.624 bits per heavy atom. The molecule has 1 heterocycles. The molecule has 93 heavy (non-hydrogen) atoms. The van der Waals surface area contributed by atoms with E-state index >= 15 is 0 Å². The minimum absolute atomic E-state index is 0.0584. The van der Waals surface area contributed by atoms with Crippen molar-refractivity contribution in [3.8, 4) is 0 Å². The smallest absolute Gasteiger partial charge is 0.329 e. The third kappa shape index (κ3) is 25.1. The topological polar surface area (TPSA) is 475 Å². The molecule has 0 bridgehead atoms. The van der Waals surface area contributed by atoms with E-state index < -0.39 is 193 Å². The number of likely N-dealkylation sites (N-methyl/N-ethyl adjacent to an activating group) is 1. The van der Waals surface area contributed by atoms with E-state index in [0.29, 0.717) is 32.1 Å². The Morgan fingerprint density at radius 2 is 1.12 bits per heavy atom. The number of carbonyl (C=O) groups excluding carboxylic acids is 12. The van der Waals surface area contributed by atoms with Crippen LogP contribution >= 0.6 is 0 Å². The summed E-state index contributed by atoms with van der Waals surface area (Å²) in [5.74, 6) is -13.6. The molecule has 0 unspecified atom stereocenters. The minimum Gasteiger partial charge on any atom is -0.458 e. The highest BCUT2D eigenvalue weighted by Crippen LogP contribution is 2.28. The second kappa shape index (κ2) is 40.2. The number of rotatable bonds is 35. The highest BCUT2D eigenvalue weighted by atomic mass is 16.5. The summed E-state index contributed by atoms with van der Waals surface area (Å²) < 4.78 is 5.85. The van der Waals surface area contributed by atoms with Crippen molar-refractivity contribution < 1.29 is 72.5 Å². The van der Waals surface area contributed by atoms with E-state index in [1.165, 1.54) is 6.92 Å². The fourth-order valence-electron chi connectivity index (χ4n) is 10.8. The first-order valence-corrected chi connectivity index (χ1v) is 32.6. The SMILES string of the molecule is CC[C@@H](C)[C@@H](NC(=O)[C@@H](CCC(N)=O)NC(=O)[C@H](CO)NC(=O)[C@@H](NC(=O)[C@@H](Cc1ccccc1)NC)[C@@H](C)CC)C(=O)N[C@H](C(=O)N[C@@H](CO)C(=O)N[C@H]1C(=O)N[C@@H](CCCNC(=N)N)C(=O)N[C@@H](C2CCCCC2)C(=O)N[C@@H]([C@@H](C)CC)C(=O)O[C@H]1C)[C@@H](C)CC. The van der Waals surface area contributed by atoms with Crippen LogP contribution in [0.2, 0.25) is 0 Å². The van der Waals surface area contributed by atoms with Gasteiger partial charge in [-0.05, 0) is 87.6 Å². The third-order valence-corrected chi connectivity index (χ3v) is 17.7. The highest BCUT2D eigenvalue weighted by molar-refractivity contribution is 6.00. The van der Waals surface area contributed by atoms with Gasteiger partial charge in [0.15, 0.2) is 5.96 Å². The third-order valence-electron chi connectivity index (χ3n) is 17.7. The van der Waals surface area contributed by atoms with Gasteiger partial charge in [0.1, 0.15) is 66.5 Å². The molecule has 1 saturated heterocycles. The van der Waals surface area contributed by atoms with Crippen molar-refractivity contribution in [2.24, 2.45) is 41.1 Å². The molecule has 1 saturated carbocycles. The van der Waals surface area contributed by atoms with Crippen LogP contribution in [0.15, 0.2) is 30.3 Å². The minimum atomic E-state index is -1.84. The number of cyclic esters (lactones) is 1. The number of primary amides is 1. The number of carbonyl (C=O) groups is 12. The van der Waals surface area contributed by atoms with Crippen LogP contribution in [0.3, 0.4) is 0 Å². The van der Waals surface area contributed by atoms with Crippen LogP contribution in [0.4, 0.5) is 0 Å². The Balaban J connectivity index is 1.91. The quantitative estimate of drug-likeness (QED) is 0.0150. The number of aliphatic hydroxyl groups excluding tert-OH is 2. The van der Waals surface area contributed by atoms with E-state index in [1.54, 1.807) is 62.4 Å². The average Bonchev–Trinajstić information content (AvgIpc) is 1.95. The van der Waals surface area contributed by atoms with E-state index in [4.69, 9.17) is 21.6 Å². The van der Waals surface area contributed by atoms with Crippen molar-refractivity contribution in [2.75, 3.05) is 26.8 Å². The van der Waals surface area contributed by atoms with Crippen LogP contribution < -0.4 is 75.3 Å². The number of amides is 11. The zero-order chi connectivity index (χ0) is 69.6. The lowest BCUT2D eigenvalue weighted by Crippen LogP contribution is -2.63. The van der Waals surface area contributed by atoms with Crippen LogP contribution in [0.25, 0.3) is 0 Å². The zero-order valence-corrected chi connectivity index (χ0v) is 55.6. The highest BCUT2D eigenvalue weighted by Gasteiger charge is 2.43. The molecule has 1 aromatic carbocycles. The standard InChI is InChI=1S/C63H105N15O15/c1-11-33(5)46(74-54(84)42(67-10)30-38-22-17-15-18-23-38)57(87)71-43(31-79)55(85)69-41(27-28-45(64)81)53(83)73-48(35(7)13-3)59(89)75-47(34(6)12-2)58(88)72-44(32-80)56(86)77-50-37(9)93-62(92)49(36(8)14-4)76-61(91)51(39-24-19-16-20-25-39)78-52(82)40(70-60(50)90)26-21-29-68-63(65)66/h15,17-18,22-23,33-37,39-44,46-51,67,79-80H,11-14,16,19-21,24-32H2,1-10H3,(H2,64,81)(H,69,85)(H,70,90)(H,71,87)(H,72,88)(H,73,83)(H,74,84)(H,75,89)(H,76,91)(H,77,86)(H,78,82)(H4,65,66,68)/t33-,34-,35+,36-,37-,40-,41+,42+,43-,44-,46-,47-,48+,49-,50+,51-/m0/s1. The summed E-state index contributed by atoms with van der Waals surface area (Å²) in [4.78, 5) is 168. The number of guanidine groups is 1. The zero-order valence-electron chi connectivity index (χ0n) is 55.6. The molecular weight excluding hydrogens is 1210 g/mol. The van der Waals surface area contributed by atoms with Gasteiger partial charge in [0, 0.05) is 13.0 Å². The fraction of sp³-hybridized carbons (Fsp3) is 0.698. The van der Waals surface area contributed by atoms with Gasteiger partial charge in [-0.25, -0.2) is 4.79 Å². The molecule has 0 aromatic heterocycles. The maximum atomic E-state index is 14.5. The van der Waals surface area contributed by atoms with Crippen molar-refractivity contribution in [3.05, 3.63) is 35.9 Å². The van der Waals surface area contributed by atoms with Gasteiger partial charge >= 0.3 is 5.97 Å². The van der Waals surface area contributed by atoms with Crippen molar-refractivity contribution >= 4 is 76.9 Å². The van der Waals surface area contributed by atoms with Crippen molar-refractivity contribution in [1.82, 2.24) is 63.8 Å². The summed E-state index contributed by atoms with van der Waals surface area (Å²) in [5, 5.41) is 60.4. The summed E-state index contributed by atoms with van der Waals surface area (Å²) in [5.41, 5.74) is 11.8. The van der Waals surface area contributed by atoms with Crippen LogP contribution in [-0.4, -0.2) is 186 Å². The normalized spacial score (nSPS) is 21.7. The van der Waals surface area contributed by atoms with Gasteiger partial charge in [0.25, 0.3) is 0 Å². The Morgan fingerprint density at radius 3 is 1.61 bits per heavy atom. The summed E-state index contributed by atoms with van der Waals surface area (Å²) >= 11 is 0. The first-order chi connectivity index (χ1) is 44.1. The number of ether oxygens (including phenoxy) is 1. The van der Waals surface area contributed by atoms with Crippen molar-refractivity contribution in [2.45, 2.75) is 225 Å². The summed E-state index contributed by atoms with van der Waals surface area (Å²) in [6.45, 7) is 13.0. The molecular formula is C63H105N15O15. The van der Waals surface area contributed by atoms with E-state index in [9.17, 15) is 67.7 Å². The predicted molar refractivity (Wildman–Crippen MR) is 344 cm³/mol. The second-order valence-corrected chi connectivity index (χ2v) is 24.6. The second-order valence-electron chi connectivity index (χ2n) is 24.6. The molecule has 30 heteroatoms.